The average molecular weight is 239 g/mol. The molecule has 2 aliphatic carbocycles. The van der Waals surface area contributed by atoms with Gasteiger partial charge in [0.2, 0.25) is 0 Å². The zero-order chi connectivity index (χ0) is 11.7. The lowest BCUT2D eigenvalue weighted by atomic mass is 9.88. The largest absolute Gasteiger partial charge is 0.395 e. The van der Waals surface area contributed by atoms with Crippen molar-refractivity contribution < 1.29 is 9.84 Å². The summed E-state index contributed by atoms with van der Waals surface area (Å²) in [4.78, 5) is 2.57. The van der Waals surface area contributed by atoms with Gasteiger partial charge in [0.15, 0.2) is 0 Å². The maximum atomic E-state index is 9.23. The normalized spacial score (nSPS) is 32.5. The Morgan fingerprint density at radius 2 is 1.88 bits per heavy atom. The fourth-order valence-corrected chi connectivity index (χ4v) is 3.84. The molecule has 0 bridgehead atoms. The summed E-state index contributed by atoms with van der Waals surface area (Å²) < 4.78 is 6.10. The summed E-state index contributed by atoms with van der Waals surface area (Å²) >= 11 is 0. The molecule has 1 spiro atoms. The molecule has 1 saturated heterocycles. The van der Waals surface area contributed by atoms with Crippen LogP contribution in [0.4, 0.5) is 0 Å². The van der Waals surface area contributed by atoms with Gasteiger partial charge >= 0.3 is 0 Å². The van der Waals surface area contributed by atoms with Gasteiger partial charge in [-0.15, -0.1) is 0 Å². The van der Waals surface area contributed by atoms with Gasteiger partial charge in [0.05, 0.1) is 12.2 Å². The molecule has 3 rings (SSSR count). The lowest BCUT2D eigenvalue weighted by Crippen LogP contribution is -2.49. The zero-order valence-corrected chi connectivity index (χ0v) is 10.7. The molecule has 1 N–H and O–H groups in total. The molecule has 17 heavy (non-hydrogen) atoms. The van der Waals surface area contributed by atoms with E-state index in [1.54, 1.807) is 0 Å². The third-order valence-corrected chi connectivity index (χ3v) is 4.82. The second kappa shape index (κ2) is 4.87. The highest BCUT2D eigenvalue weighted by Gasteiger charge is 2.43. The van der Waals surface area contributed by atoms with Gasteiger partial charge in [0.25, 0.3) is 0 Å². The lowest BCUT2D eigenvalue weighted by Gasteiger charge is -2.43. The Bertz CT molecular complexity index is 259. The van der Waals surface area contributed by atoms with Crippen LogP contribution in [-0.4, -0.2) is 47.4 Å². The third kappa shape index (κ3) is 2.51. The Morgan fingerprint density at radius 1 is 1.12 bits per heavy atom. The third-order valence-electron chi connectivity index (χ3n) is 4.82. The summed E-state index contributed by atoms with van der Waals surface area (Å²) in [5, 5.41) is 9.23. The van der Waals surface area contributed by atoms with Gasteiger partial charge < -0.3 is 9.84 Å². The fraction of sp³-hybridized carbons (Fsp3) is 1.00. The van der Waals surface area contributed by atoms with E-state index in [0.29, 0.717) is 12.6 Å². The van der Waals surface area contributed by atoms with Gasteiger partial charge in [-0.3, -0.25) is 4.90 Å². The minimum Gasteiger partial charge on any atom is -0.395 e. The minimum atomic E-state index is 0.214. The van der Waals surface area contributed by atoms with Gasteiger partial charge in [-0.1, -0.05) is 12.8 Å². The van der Waals surface area contributed by atoms with Crippen LogP contribution in [0.3, 0.4) is 0 Å². The van der Waals surface area contributed by atoms with Crippen molar-refractivity contribution in [1.82, 2.24) is 4.90 Å². The first kappa shape index (κ1) is 11.9. The average Bonchev–Trinajstić information content (AvgIpc) is 3.09. The van der Waals surface area contributed by atoms with Crippen molar-refractivity contribution in [3.63, 3.8) is 0 Å². The van der Waals surface area contributed by atoms with Gasteiger partial charge in [0, 0.05) is 25.2 Å². The first-order valence-electron chi connectivity index (χ1n) is 7.34. The second-order valence-electron chi connectivity index (χ2n) is 6.08. The molecule has 0 aromatic carbocycles. The summed E-state index contributed by atoms with van der Waals surface area (Å²) in [7, 11) is 0. The Morgan fingerprint density at radius 3 is 2.53 bits per heavy atom. The first-order valence-corrected chi connectivity index (χ1v) is 7.34. The summed E-state index contributed by atoms with van der Waals surface area (Å²) in [6, 6.07) is 1.44. The van der Waals surface area contributed by atoms with Gasteiger partial charge in [0.1, 0.15) is 0 Å². The quantitative estimate of drug-likeness (QED) is 0.813. The summed E-state index contributed by atoms with van der Waals surface area (Å²) in [5.41, 5.74) is 0.214. The van der Waals surface area contributed by atoms with Gasteiger partial charge in [-0.05, 0) is 38.5 Å². The minimum absolute atomic E-state index is 0.214. The van der Waals surface area contributed by atoms with Crippen LogP contribution in [0, 0.1) is 0 Å². The smallest absolute Gasteiger partial charge is 0.0697 e. The van der Waals surface area contributed by atoms with Crippen LogP contribution in [0.25, 0.3) is 0 Å². The Balaban J connectivity index is 1.65. The van der Waals surface area contributed by atoms with E-state index in [9.17, 15) is 5.11 Å². The van der Waals surface area contributed by atoms with E-state index in [4.69, 9.17) is 4.74 Å². The molecule has 3 aliphatic rings. The number of hydrogen-bond acceptors (Lipinski definition) is 3. The molecule has 3 heteroatoms. The van der Waals surface area contributed by atoms with Crippen LogP contribution >= 0.6 is 0 Å². The molecular weight excluding hydrogens is 214 g/mol. The van der Waals surface area contributed by atoms with E-state index < -0.39 is 0 Å². The lowest BCUT2D eigenvalue weighted by molar-refractivity contribution is -0.104. The van der Waals surface area contributed by atoms with Crippen molar-refractivity contribution in [3.8, 4) is 0 Å². The fourth-order valence-electron chi connectivity index (χ4n) is 3.84. The zero-order valence-electron chi connectivity index (χ0n) is 10.7. The maximum Gasteiger partial charge on any atom is 0.0697 e. The SMILES string of the molecule is OCCN(C1CC1)C1CCOC2(CCCC2)C1. The van der Waals surface area contributed by atoms with E-state index in [1.165, 1.54) is 44.9 Å². The molecule has 1 unspecified atom stereocenters. The van der Waals surface area contributed by atoms with Gasteiger partial charge in [-0.2, -0.15) is 0 Å². The topological polar surface area (TPSA) is 32.7 Å². The highest BCUT2D eigenvalue weighted by Crippen LogP contribution is 2.42. The monoisotopic (exact) mass is 239 g/mol. The molecule has 1 atom stereocenters. The number of ether oxygens (including phenoxy) is 1. The molecule has 0 radical (unpaired) electrons. The maximum absolute atomic E-state index is 9.23. The molecule has 2 saturated carbocycles. The van der Waals surface area contributed by atoms with E-state index in [0.717, 1.165) is 25.6 Å². The molecule has 0 amide bonds. The van der Waals surface area contributed by atoms with Crippen LogP contribution in [0.1, 0.15) is 51.4 Å². The molecular formula is C14H25NO2. The van der Waals surface area contributed by atoms with E-state index >= 15 is 0 Å². The first-order chi connectivity index (χ1) is 8.33. The van der Waals surface area contributed by atoms with Crippen LogP contribution in [0.15, 0.2) is 0 Å². The van der Waals surface area contributed by atoms with Crippen LogP contribution < -0.4 is 0 Å². The molecule has 1 aliphatic heterocycles. The number of rotatable bonds is 4. The molecule has 1 heterocycles. The Kier molecular flexibility index (Phi) is 3.42. The van der Waals surface area contributed by atoms with Crippen LogP contribution in [0.5, 0.6) is 0 Å². The second-order valence-corrected chi connectivity index (χ2v) is 6.08. The molecule has 3 fully saturated rings. The van der Waals surface area contributed by atoms with Crippen LogP contribution in [-0.2, 0) is 4.74 Å². The standard InChI is InChI=1S/C14H25NO2/c16-9-8-15(12-3-4-12)13-5-10-17-14(11-13)6-1-2-7-14/h12-13,16H,1-11H2. The summed E-state index contributed by atoms with van der Waals surface area (Å²) in [5.74, 6) is 0. The highest BCUT2D eigenvalue weighted by molar-refractivity contribution is 4.97. The predicted octanol–water partition coefficient (Wildman–Crippen LogP) is 1.93. The Hall–Kier alpha value is -0.120. The summed E-state index contributed by atoms with van der Waals surface area (Å²) in [6.07, 6.45) is 10.3. The molecule has 0 aromatic rings. The predicted molar refractivity (Wildman–Crippen MR) is 67.0 cm³/mol. The number of nitrogens with zero attached hydrogens (tertiary/aromatic N) is 1. The van der Waals surface area contributed by atoms with E-state index in [2.05, 4.69) is 4.90 Å². The van der Waals surface area contributed by atoms with Crippen molar-refractivity contribution in [2.75, 3.05) is 19.8 Å². The summed E-state index contributed by atoms with van der Waals surface area (Å²) in [6.45, 7) is 2.10. The number of aliphatic hydroxyl groups excluding tert-OH is 1. The van der Waals surface area contributed by atoms with Gasteiger partial charge in [-0.25, -0.2) is 0 Å². The highest BCUT2D eigenvalue weighted by atomic mass is 16.5. The van der Waals surface area contributed by atoms with Crippen molar-refractivity contribution in [2.45, 2.75) is 69.1 Å². The van der Waals surface area contributed by atoms with E-state index in [-0.39, 0.29) is 5.60 Å². The number of hydrogen-bond donors (Lipinski definition) is 1. The Labute approximate surface area is 104 Å². The van der Waals surface area contributed by atoms with Crippen molar-refractivity contribution in [2.24, 2.45) is 0 Å². The van der Waals surface area contributed by atoms with Crippen molar-refractivity contribution in [3.05, 3.63) is 0 Å². The van der Waals surface area contributed by atoms with E-state index in [1.807, 2.05) is 0 Å². The van der Waals surface area contributed by atoms with Crippen molar-refractivity contribution >= 4 is 0 Å². The number of aliphatic hydroxyl groups is 1. The molecule has 3 nitrogen and oxygen atoms in total. The molecule has 98 valence electrons. The molecule has 0 aromatic heterocycles. The van der Waals surface area contributed by atoms with Crippen LogP contribution in [0.2, 0.25) is 0 Å². The van der Waals surface area contributed by atoms with Crippen molar-refractivity contribution in [1.29, 1.82) is 0 Å².